The Labute approximate surface area is 211 Å². The highest BCUT2D eigenvalue weighted by atomic mass is 16.1. The molecule has 6 rings (SSSR count). The van der Waals surface area contributed by atoms with E-state index in [0.717, 1.165) is 63.8 Å². The van der Waals surface area contributed by atoms with Crippen LogP contribution in [0, 0.1) is 13.8 Å². The number of H-pyrrole nitrogens is 1. The summed E-state index contributed by atoms with van der Waals surface area (Å²) in [5, 5.41) is 5.29. The Morgan fingerprint density at radius 2 is 1.69 bits per heavy atom. The molecule has 36 heavy (non-hydrogen) atoms. The van der Waals surface area contributed by atoms with Crippen molar-refractivity contribution in [3.63, 3.8) is 0 Å². The van der Waals surface area contributed by atoms with Gasteiger partial charge in [-0.05, 0) is 61.2 Å². The summed E-state index contributed by atoms with van der Waals surface area (Å²) in [4.78, 5) is 24.4. The molecule has 0 bridgehead atoms. The van der Waals surface area contributed by atoms with E-state index in [1.807, 2.05) is 50.2 Å². The van der Waals surface area contributed by atoms with Crippen LogP contribution >= 0.6 is 0 Å². The van der Waals surface area contributed by atoms with E-state index in [-0.39, 0.29) is 11.8 Å². The summed E-state index contributed by atoms with van der Waals surface area (Å²) in [7, 11) is 0. The van der Waals surface area contributed by atoms with Crippen LogP contribution in [0.15, 0.2) is 72.8 Å². The molecule has 1 amide bonds. The Balaban J connectivity index is 1.37. The number of rotatable bonds is 5. The number of anilines is 2. The van der Waals surface area contributed by atoms with Crippen molar-refractivity contribution in [1.29, 1.82) is 0 Å². The van der Waals surface area contributed by atoms with Crippen LogP contribution in [-0.4, -0.2) is 29.0 Å². The van der Waals surface area contributed by atoms with E-state index in [9.17, 15) is 4.79 Å². The number of carbonyl (C=O) groups is 1. The van der Waals surface area contributed by atoms with Crippen LogP contribution in [0.4, 0.5) is 11.4 Å². The number of aryl methyl sites for hydroxylation is 3. The van der Waals surface area contributed by atoms with Crippen molar-refractivity contribution in [1.82, 2.24) is 9.97 Å². The Morgan fingerprint density at radius 1 is 0.972 bits per heavy atom. The van der Waals surface area contributed by atoms with Gasteiger partial charge in [-0.3, -0.25) is 4.79 Å². The zero-order valence-corrected chi connectivity index (χ0v) is 20.9. The number of para-hydroxylation sites is 2. The zero-order chi connectivity index (χ0) is 24.8. The predicted octanol–water partition coefficient (Wildman–Crippen LogP) is 6.75. The monoisotopic (exact) mass is 474 g/mol. The normalized spacial score (nSPS) is 13.8. The third kappa shape index (κ3) is 3.81. The number of benzene rings is 3. The second-order valence-electron chi connectivity index (χ2n) is 9.83. The fourth-order valence-electron chi connectivity index (χ4n) is 5.28. The van der Waals surface area contributed by atoms with E-state index in [0.29, 0.717) is 5.69 Å². The number of pyridine rings is 1. The predicted molar refractivity (Wildman–Crippen MR) is 148 cm³/mol. The molecule has 0 saturated carbocycles. The molecule has 0 aliphatic carbocycles. The highest BCUT2D eigenvalue weighted by Crippen LogP contribution is 2.37. The average molecular weight is 475 g/mol. The SMILES string of the molecule is CCc1ccc(N2CC(c3nc(C(=O)Nc4c(C)cccc4C)cc4c3[nH]c3ccccc34)C2)cc1. The van der Waals surface area contributed by atoms with Crippen molar-refractivity contribution in [3.05, 3.63) is 101 Å². The molecule has 0 radical (unpaired) electrons. The molecule has 5 aromatic rings. The van der Waals surface area contributed by atoms with Crippen molar-refractivity contribution in [2.75, 3.05) is 23.3 Å². The quantitative estimate of drug-likeness (QED) is 0.296. The van der Waals surface area contributed by atoms with Crippen molar-refractivity contribution in [2.45, 2.75) is 33.1 Å². The second-order valence-corrected chi connectivity index (χ2v) is 9.83. The minimum Gasteiger partial charge on any atom is -0.370 e. The molecular formula is C31H30N4O. The standard InChI is InChI=1S/C31H30N4O/c1-4-21-12-14-23(15-13-21)35-17-22(18-35)29-30-25(24-10-5-6-11-26(24)32-30)16-27(33-29)31(36)34-28-19(2)8-7-9-20(28)3/h5-16,22,32H,4,17-18H2,1-3H3,(H,34,36). The molecule has 5 nitrogen and oxygen atoms in total. The first-order valence-corrected chi connectivity index (χ1v) is 12.6. The maximum absolute atomic E-state index is 13.5. The van der Waals surface area contributed by atoms with E-state index >= 15 is 0 Å². The van der Waals surface area contributed by atoms with Crippen LogP contribution in [0.3, 0.4) is 0 Å². The second kappa shape index (κ2) is 8.83. The first-order valence-electron chi connectivity index (χ1n) is 12.6. The molecule has 1 aliphatic heterocycles. The molecule has 5 heteroatoms. The zero-order valence-electron chi connectivity index (χ0n) is 20.9. The summed E-state index contributed by atoms with van der Waals surface area (Å²) in [6.45, 7) is 7.96. The van der Waals surface area contributed by atoms with Gasteiger partial charge in [-0.1, -0.05) is 55.5 Å². The number of nitrogens with one attached hydrogen (secondary N) is 2. The van der Waals surface area contributed by atoms with Gasteiger partial charge in [0.05, 0.1) is 11.2 Å². The fourth-order valence-corrected chi connectivity index (χ4v) is 5.28. The lowest BCUT2D eigenvalue weighted by atomic mass is 9.93. The maximum atomic E-state index is 13.5. The van der Waals surface area contributed by atoms with Gasteiger partial charge in [0.2, 0.25) is 0 Å². The largest absolute Gasteiger partial charge is 0.370 e. The number of carbonyl (C=O) groups excluding carboxylic acids is 1. The van der Waals surface area contributed by atoms with Gasteiger partial charge in [0.15, 0.2) is 0 Å². The molecule has 3 aromatic carbocycles. The molecule has 1 saturated heterocycles. The van der Waals surface area contributed by atoms with Gasteiger partial charge in [-0.2, -0.15) is 0 Å². The summed E-state index contributed by atoms with van der Waals surface area (Å²) >= 11 is 0. The van der Waals surface area contributed by atoms with Crippen LogP contribution in [0.25, 0.3) is 21.8 Å². The highest BCUT2D eigenvalue weighted by molar-refractivity contribution is 6.12. The lowest BCUT2D eigenvalue weighted by Crippen LogP contribution is -2.45. The summed E-state index contributed by atoms with van der Waals surface area (Å²) in [6.07, 6.45) is 1.04. The van der Waals surface area contributed by atoms with Crippen LogP contribution in [0.2, 0.25) is 0 Å². The first kappa shape index (κ1) is 22.4. The van der Waals surface area contributed by atoms with Crippen molar-refractivity contribution < 1.29 is 4.79 Å². The van der Waals surface area contributed by atoms with Gasteiger partial charge in [-0.25, -0.2) is 4.98 Å². The van der Waals surface area contributed by atoms with Crippen molar-refractivity contribution in [3.8, 4) is 0 Å². The Hall–Kier alpha value is -4.12. The highest BCUT2D eigenvalue weighted by Gasteiger charge is 2.32. The Bertz CT molecular complexity index is 1570. The average Bonchev–Trinajstić information content (AvgIpc) is 3.24. The number of aromatic amines is 1. The van der Waals surface area contributed by atoms with E-state index in [1.54, 1.807) is 0 Å². The van der Waals surface area contributed by atoms with Gasteiger partial charge in [-0.15, -0.1) is 0 Å². The number of hydrogen-bond donors (Lipinski definition) is 2. The lowest BCUT2D eigenvalue weighted by molar-refractivity contribution is 0.102. The molecule has 2 N–H and O–H groups in total. The fraction of sp³-hybridized carbons (Fsp3) is 0.226. The van der Waals surface area contributed by atoms with Gasteiger partial charge in [0.25, 0.3) is 5.91 Å². The minimum absolute atomic E-state index is 0.174. The molecule has 3 heterocycles. The molecule has 2 aromatic heterocycles. The number of fused-ring (bicyclic) bond motifs is 3. The molecule has 1 fully saturated rings. The van der Waals surface area contributed by atoms with E-state index in [4.69, 9.17) is 4.98 Å². The summed E-state index contributed by atoms with van der Waals surface area (Å²) in [5.41, 5.74) is 9.05. The Kier molecular flexibility index (Phi) is 5.48. The first-order chi connectivity index (χ1) is 17.5. The smallest absolute Gasteiger partial charge is 0.274 e. The summed E-state index contributed by atoms with van der Waals surface area (Å²) in [5.74, 6) is 0.0755. The van der Waals surface area contributed by atoms with Gasteiger partial charge < -0.3 is 15.2 Å². The number of amides is 1. The summed E-state index contributed by atoms with van der Waals surface area (Å²) < 4.78 is 0. The minimum atomic E-state index is -0.174. The lowest BCUT2D eigenvalue weighted by Gasteiger charge is -2.41. The van der Waals surface area contributed by atoms with Crippen LogP contribution in [-0.2, 0) is 6.42 Å². The number of aromatic nitrogens is 2. The van der Waals surface area contributed by atoms with Crippen LogP contribution in [0.1, 0.15) is 45.7 Å². The van der Waals surface area contributed by atoms with Crippen LogP contribution < -0.4 is 10.2 Å². The van der Waals surface area contributed by atoms with Gasteiger partial charge in [0.1, 0.15) is 5.69 Å². The number of nitrogens with zero attached hydrogens (tertiary/aromatic N) is 2. The third-order valence-corrected chi connectivity index (χ3v) is 7.45. The molecule has 0 spiro atoms. The van der Waals surface area contributed by atoms with E-state index in [1.165, 1.54) is 11.3 Å². The van der Waals surface area contributed by atoms with E-state index < -0.39 is 0 Å². The van der Waals surface area contributed by atoms with E-state index in [2.05, 4.69) is 58.5 Å². The molecular weight excluding hydrogens is 444 g/mol. The Morgan fingerprint density at radius 3 is 2.42 bits per heavy atom. The van der Waals surface area contributed by atoms with Crippen LogP contribution in [0.5, 0.6) is 0 Å². The summed E-state index contributed by atoms with van der Waals surface area (Å²) in [6, 6.07) is 25.0. The third-order valence-electron chi connectivity index (χ3n) is 7.45. The molecule has 0 unspecified atom stereocenters. The molecule has 0 atom stereocenters. The topological polar surface area (TPSA) is 61.0 Å². The number of hydrogen-bond acceptors (Lipinski definition) is 3. The van der Waals surface area contributed by atoms with Crippen molar-refractivity contribution >= 4 is 39.1 Å². The van der Waals surface area contributed by atoms with Crippen molar-refractivity contribution in [2.24, 2.45) is 0 Å². The van der Waals surface area contributed by atoms with Gasteiger partial charge >= 0.3 is 0 Å². The maximum Gasteiger partial charge on any atom is 0.274 e. The van der Waals surface area contributed by atoms with Gasteiger partial charge in [0, 0.05) is 46.7 Å². The molecule has 1 aliphatic rings. The molecule has 180 valence electrons.